The maximum Gasteiger partial charge on any atom is 0.192 e. The molecular formula is C12H19IO. The van der Waals surface area contributed by atoms with Crippen molar-refractivity contribution in [3.63, 3.8) is 0 Å². The minimum atomic E-state index is 0.564. The lowest BCUT2D eigenvalue weighted by atomic mass is 9.86. The highest BCUT2D eigenvalue weighted by Gasteiger charge is 2.21. The van der Waals surface area contributed by atoms with Crippen LogP contribution >= 0.6 is 23.0 Å². The van der Waals surface area contributed by atoms with Gasteiger partial charge in [-0.15, -0.1) is 0 Å². The first kappa shape index (κ1) is 12.1. The Morgan fingerprint density at radius 1 is 1.21 bits per heavy atom. The number of hydrogen-bond donors (Lipinski definition) is 0. The summed E-state index contributed by atoms with van der Waals surface area (Å²) in [7, 11) is 0. The molecule has 0 radical (unpaired) electrons. The van der Waals surface area contributed by atoms with Crippen molar-refractivity contribution in [2.24, 2.45) is 11.8 Å². The predicted octanol–water partition coefficient (Wildman–Crippen LogP) is 4.64. The molecule has 0 heterocycles. The summed E-state index contributed by atoms with van der Waals surface area (Å²) in [4.78, 5) is 0. The molecule has 1 nitrogen and oxygen atoms in total. The van der Waals surface area contributed by atoms with Crippen LogP contribution in [0.4, 0.5) is 0 Å². The molecule has 1 aliphatic rings. The average Bonchev–Trinajstić information content (AvgIpc) is 2.16. The van der Waals surface area contributed by atoms with Crippen molar-refractivity contribution in [3.8, 4) is 0 Å². The average molecular weight is 306 g/mol. The summed E-state index contributed by atoms with van der Waals surface area (Å²) in [5.74, 6) is 2.30. The van der Waals surface area contributed by atoms with E-state index in [2.05, 4.69) is 33.8 Å². The third-order valence-corrected chi connectivity index (χ3v) is 3.17. The van der Waals surface area contributed by atoms with Crippen LogP contribution in [0.3, 0.4) is 0 Å². The fraction of sp³-hybridized carbons (Fsp3) is 0.667. The van der Waals surface area contributed by atoms with Gasteiger partial charge in [0.2, 0.25) is 0 Å². The van der Waals surface area contributed by atoms with E-state index in [1.807, 2.05) is 23.0 Å². The van der Waals surface area contributed by atoms with Crippen LogP contribution in [-0.4, -0.2) is 0 Å². The summed E-state index contributed by atoms with van der Waals surface area (Å²) in [6.45, 7) is 8.94. The van der Waals surface area contributed by atoms with E-state index in [0.29, 0.717) is 11.8 Å². The van der Waals surface area contributed by atoms with Crippen molar-refractivity contribution in [2.45, 2.75) is 40.5 Å². The summed E-state index contributed by atoms with van der Waals surface area (Å²) >= 11 is 2.01. The van der Waals surface area contributed by atoms with Gasteiger partial charge in [0.1, 0.15) is 5.76 Å². The van der Waals surface area contributed by atoms with Gasteiger partial charge in [0.15, 0.2) is 23.0 Å². The zero-order chi connectivity index (χ0) is 10.7. The fourth-order valence-corrected chi connectivity index (χ4v) is 2.45. The molecule has 80 valence electrons. The number of halogens is 1. The molecule has 0 fully saturated rings. The van der Waals surface area contributed by atoms with Gasteiger partial charge in [-0.1, -0.05) is 33.8 Å². The van der Waals surface area contributed by atoms with Crippen LogP contribution in [0.2, 0.25) is 0 Å². The summed E-state index contributed by atoms with van der Waals surface area (Å²) < 4.78 is 5.52. The molecule has 0 amide bonds. The van der Waals surface area contributed by atoms with Crippen LogP contribution in [0.5, 0.6) is 0 Å². The molecule has 0 bridgehead atoms. The molecular weight excluding hydrogens is 287 g/mol. The largest absolute Gasteiger partial charge is 0.427 e. The third-order valence-electron chi connectivity index (χ3n) is 2.73. The van der Waals surface area contributed by atoms with Gasteiger partial charge in [-0.3, -0.25) is 0 Å². The van der Waals surface area contributed by atoms with Crippen LogP contribution < -0.4 is 0 Å². The lowest BCUT2D eigenvalue weighted by Gasteiger charge is -2.24. The van der Waals surface area contributed by atoms with Gasteiger partial charge in [0, 0.05) is 0 Å². The maximum absolute atomic E-state index is 5.52. The van der Waals surface area contributed by atoms with Crippen molar-refractivity contribution in [1.82, 2.24) is 0 Å². The normalized spacial score (nSPS) is 17.8. The van der Waals surface area contributed by atoms with Crippen molar-refractivity contribution in [3.05, 3.63) is 23.0 Å². The minimum Gasteiger partial charge on any atom is -0.427 e. The Bertz CT molecular complexity index is 261. The van der Waals surface area contributed by atoms with Crippen LogP contribution in [0.1, 0.15) is 40.5 Å². The first-order chi connectivity index (χ1) is 6.57. The summed E-state index contributed by atoms with van der Waals surface area (Å²) in [6, 6.07) is 0. The van der Waals surface area contributed by atoms with Gasteiger partial charge in [-0.25, -0.2) is 0 Å². The smallest absolute Gasteiger partial charge is 0.192 e. The number of allylic oxidation sites excluding steroid dienone is 3. The topological polar surface area (TPSA) is 9.23 Å². The summed E-state index contributed by atoms with van der Waals surface area (Å²) in [6.07, 6.45) is 4.65. The highest BCUT2D eigenvalue weighted by atomic mass is 127. The van der Waals surface area contributed by atoms with Gasteiger partial charge in [-0.2, -0.15) is 0 Å². The van der Waals surface area contributed by atoms with Gasteiger partial charge >= 0.3 is 0 Å². The second kappa shape index (κ2) is 5.19. The Labute approximate surface area is 101 Å². The van der Waals surface area contributed by atoms with Gasteiger partial charge < -0.3 is 3.07 Å². The zero-order valence-electron chi connectivity index (χ0n) is 9.43. The van der Waals surface area contributed by atoms with E-state index in [-0.39, 0.29) is 0 Å². The van der Waals surface area contributed by atoms with E-state index >= 15 is 0 Å². The highest BCUT2D eigenvalue weighted by Crippen LogP contribution is 2.35. The Kier molecular flexibility index (Phi) is 4.48. The molecule has 0 aromatic carbocycles. The molecule has 0 aliphatic heterocycles. The first-order valence-electron chi connectivity index (χ1n) is 5.30. The Balaban J connectivity index is 3.04. The van der Waals surface area contributed by atoms with E-state index in [9.17, 15) is 0 Å². The van der Waals surface area contributed by atoms with Crippen molar-refractivity contribution in [1.29, 1.82) is 0 Å². The quantitative estimate of drug-likeness (QED) is 0.690. The second-order valence-electron chi connectivity index (χ2n) is 4.44. The lowest BCUT2D eigenvalue weighted by molar-refractivity contribution is 0.501. The van der Waals surface area contributed by atoms with Gasteiger partial charge in [0.25, 0.3) is 0 Å². The maximum atomic E-state index is 5.52. The van der Waals surface area contributed by atoms with E-state index in [4.69, 9.17) is 3.07 Å². The SMILES string of the molecule is CC(C)C1=CCCC(C(C)C)=C1OI. The highest BCUT2D eigenvalue weighted by molar-refractivity contribution is 14.1. The molecule has 0 saturated carbocycles. The van der Waals surface area contributed by atoms with E-state index < -0.39 is 0 Å². The molecule has 2 heteroatoms. The molecule has 0 saturated heterocycles. The second-order valence-corrected chi connectivity index (χ2v) is 4.88. The van der Waals surface area contributed by atoms with Crippen molar-refractivity contribution >= 4 is 23.0 Å². The van der Waals surface area contributed by atoms with Crippen LogP contribution in [-0.2, 0) is 3.07 Å². The first-order valence-corrected chi connectivity index (χ1v) is 6.18. The molecule has 0 spiro atoms. The number of rotatable bonds is 3. The van der Waals surface area contributed by atoms with E-state index in [1.165, 1.54) is 17.6 Å². The van der Waals surface area contributed by atoms with Crippen LogP contribution in [0.25, 0.3) is 0 Å². The van der Waals surface area contributed by atoms with Gasteiger partial charge in [-0.05, 0) is 35.8 Å². The molecule has 0 aromatic heterocycles. The molecule has 0 N–H and O–H groups in total. The standard InChI is InChI=1S/C12H19IO/c1-8(2)10-6-5-7-11(9(3)4)12(10)14-13/h6,8-9H,5,7H2,1-4H3. The zero-order valence-corrected chi connectivity index (χ0v) is 11.6. The summed E-state index contributed by atoms with van der Waals surface area (Å²) in [5.41, 5.74) is 2.86. The van der Waals surface area contributed by atoms with Crippen LogP contribution in [0.15, 0.2) is 23.0 Å². The Morgan fingerprint density at radius 3 is 2.29 bits per heavy atom. The minimum absolute atomic E-state index is 0.564. The van der Waals surface area contributed by atoms with E-state index in [0.717, 1.165) is 12.2 Å². The summed E-state index contributed by atoms with van der Waals surface area (Å²) in [5, 5.41) is 0. The Hall–Kier alpha value is 0.0100. The van der Waals surface area contributed by atoms with Crippen LogP contribution in [0, 0.1) is 11.8 Å². The van der Waals surface area contributed by atoms with Crippen molar-refractivity contribution < 1.29 is 3.07 Å². The Morgan fingerprint density at radius 2 is 1.86 bits per heavy atom. The molecule has 1 aliphatic carbocycles. The molecule has 1 rings (SSSR count). The van der Waals surface area contributed by atoms with Crippen molar-refractivity contribution in [2.75, 3.05) is 0 Å². The fourth-order valence-electron chi connectivity index (χ4n) is 1.92. The lowest BCUT2D eigenvalue weighted by Crippen LogP contribution is -2.10. The third kappa shape index (κ3) is 2.53. The molecule has 0 unspecified atom stereocenters. The molecule has 0 atom stereocenters. The predicted molar refractivity (Wildman–Crippen MR) is 69.1 cm³/mol. The van der Waals surface area contributed by atoms with Gasteiger partial charge in [0.05, 0.1) is 0 Å². The van der Waals surface area contributed by atoms with E-state index in [1.54, 1.807) is 0 Å². The number of hydrogen-bond acceptors (Lipinski definition) is 1. The molecule has 0 aromatic rings. The molecule has 14 heavy (non-hydrogen) atoms. The monoisotopic (exact) mass is 306 g/mol.